The predicted octanol–water partition coefficient (Wildman–Crippen LogP) is 2.74. The van der Waals surface area contributed by atoms with Gasteiger partial charge in [0.25, 0.3) is 0 Å². The van der Waals surface area contributed by atoms with E-state index in [0.717, 1.165) is 16.5 Å². The molecule has 1 atom stereocenters. The van der Waals surface area contributed by atoms with Crippen molar-refractivity contribution in [2.75, 3.05) is 33.3 Å². The topological polar surface area (TPSA) is 65.8 Å². The minimum Gasteiger partial charge on any atom is -0.493 e. The van der Waals surface area contributed by atoms with Crippen LogP contribution in [0.5, 0.6) is 11.5 Å². The number of hydrogen-bond acceptors (Lipinski definition) is 6. The molecule has 1 saturated heterocycles. The summed E-state index contributed by atoms with van der Waals surface area (Å²) in [4.78, 5) is 16.4. The fraction of sp³-hybridized carbons (Fsp3) is 0.444. The Morgan fingerprint density at radius 3 is 2.88 bits per heavy atom. The van der Waals surface area contributed by atoms with Crippen LogP contribution in [0.2, 0.25) is 0 Å². The van der Waals surface area contributed by atoms with Gasteiger partial charge in [-0.15, -0.1) is 0 Å². The summed E-state index contributed by atoms with van der Waals surface area (Å²) in [5, 5.41) is 10.5. The number of rotatable bonds is 4. The molecular weight excluding hydrogens is 338 g/mol. The molecule has 1 aromatic rings. The number of ether oxygens (including phenoxy) is 2. The maximum atomic E-state index is 12.6. The van der Waals surface area contributed by atoms with E-state index in [2.05, 4.69) is 11.0 Å². The molecule has 0 unspecified atom stereocenters. The lowest BCUT2D eigenvalue weighted by Crippen LogP contribution is -2.45. The van der Waals surface area contributed by atoms with Gasteiger partial charge >= 0.3 is 0 Å². The smallest absolute Gasteiger partial charge is 0.229 e. The van der Waals surface area contributed by atoms with Crippen molar-refractivity contribution in [3.05, 3.63) is 34.4 Å². The van der Waals surface area contributed by atoms with Crippen molar-refractivity contribution in [1.29, 1.82) is 5.26 Å². The first-order valence-corrected chi connectivity index (χ1v) is 9.14. The maximum Gasteiger partial charge on any atom is 0.229 e. The number of carbonyl (C=O) groups excluding carboxylic acids is 1. The summed E-state index contributed by atoms with van der Waals surface area (Å²) < 4.78 is 11.0. The molecule has 1 amide bonds. The van der Waals surface area contributed by atoms with Crippen molar-refractivity contribution in [2.24, 2.45) is 0 Å². The zero-order chi connectivity index (χ0) is 18.0. The lowest BCUT2D eigenvalue weighted by atomic mass is 9.86. The Kier molecular flexibility index (Phi) is 5.21. The number of thioether (sulfide) groups is 1. The van der Waals surface area contributed by atoms with Crippen molar-refractivity contribution in [1.82, 2.24) is 9.80 Å². The molecule has 132 valence electrons. The van der Waals surface area contributed by atoms with E-state index in [1.165, 1.54) is 0 Å². The van der Waals surface area contributed by atoms with E-state index in [0.29, 0.717) is 30.3 Å². The van der Waals surface area contributed by atoms with Crippen molar-refractivity contribution in [3.8, 4) is 17.6 Å². The Morgan fingerprint density at radius 2 is 2.20 bits per heavy atom. The second-order valence-corrected chi connectivity index (χ2v) is 6.96. The first-order valence-electron chi connectivity index (χ1n) is 8.15. The Labute approximate surface area is 152 Å². The molecule has 3 rings (SSSR count). The third-order valence-electron chi connectivity index (χ3n) is 4.32. The molecular formula is C18H21N3O3S. The average molecular weight is 359 g/mol. The van der Waals surface area contributed by atoms with Crippen LogP contribution < -0.4 is 9.47 Å². The fourth-order valence-electron chi connectivity index (χ4n) is 3.13. The predicted molar refractivity (Wildman–Crippen MR) is 96.1 cm³/mol. The number of hydrogen-bond donors (Lipinski definition) is 0. The summed E-state index contributed by atoms with van der Waals surface area (Å²) in [5.41, 5.74) is 1.56. The molecule has 2 heterocycles. The third-order valence-corrected chi connectivity index (χ3v) is 5.60. The Balaban J connectivity index is 2.01. The van der Waals surface area contributed by atoms with Gasteiger partial charge < -0.3 is 9.47 Å². The summed E-state index contributed by atoms with van der Waals surface area (Å²) in [6.45, 7) is 2.99. The molecule has 0 saturated carbocycles. The maximum absolute atomic E-state index is 12.6. The van der Waals surface area contributed by atoms with Crippen LogP contribution in [0.25, 0.3) is 0 Å². The largest absolute Gasteiger partial charge is 0.493 e. The molecule has 0 radical (unpaired) electrons. The summed E-state index contributed by atoms with van der Waals surface area (Å²) >= 11 is 1.54. The van der Waals surface area contributed by atoms with E-state index >= 15 is 0 Å². The summed E-state index contributed by atoms with van der Waals surface area (Å²) in [6, 6.07) is 7.97. The van der Waals surface area contributed by atoms with Gasteiger partial charge in [0, 0.05) is 12.3 Å². The van der Waals surface area contributed by atoms with Crippen LogP contribution in [0.15, 0.2) is 28.8 Å². The first kappa shape index (κ1) is 17.6. The summed E-state index contributed by atoms with van der Waals surface area (Å²) in [7, 11) is 3.55. The summed E-state index contributed by atoms with van der Waals surface area (Å²) in [6.07, 6.45) is 0.290. The van der Waals surface area contributed by atoms with Crippen LogP contribution in [0, 0.1) is 11.3 Å². The number of nitriles is 1. The Bertz CT molecular complexity index is 756. The molecule has 25 heavy (non-hydrogen) atoms. The van der Waals surface area contributed by atoms with Crippen LogP contribution in [-0.4, -0.2) is 49.0 Å². The molecule has 7 heteroatoms. The van der Waals surface area contributed by atoms with Crippen LogP contribution >= 0.6 is 11.8 Å². The quantitative estimate of drug-likeness (QED) is 0.824. The highest BCUT2D eigenvalue weighted by molar-refractivity contribution is 8.03. The number of amides is 1. The van der Waals surface area contributed by atoms with Gasteiger partial charge in [-0.3, -0.25) is 14.6 Å². The number of benzene rings is 1. The van der Waals surface area contributed by atoms with Gasteiger partial charge in [0.2, 0.25) is 5.91 Å². The number of fused-ring (bicyclic) bond motifs is 1. The zero-order valence-electron chi connectivity index (χ0n) is 14.6. The number of allylic oxidation sites excluding steroid dienone is 1. The fourth-order valence-corrected chi connectivity index (χ4v) is 4.22. The molecule has 1 aromatic carbocycles. The highest BCUT2D eigenvalue weighted by Crippen LogP contribution is 2.43. The highest BCUT2D eigenvalue weighted by atomic mass is 32.2. The third kappa shape index (κ3) is 3.32. The SMILES string of the molecule is CCOc1ccc([C@H]2CC(=O)N3CN(C)CSC3=C2C#N)cc1OC. The van der Waals surface area contributed by atoms with Crippen molar-refractivity contribution < 1.29 is 14.3 Å². The Hall–Kier alpha value is -2.17. The molecule has 0 bridgehead atoms. The Morgan fingerprint density at radius 1 is 1.40 bits per heavy atom. The standard InChI is InChI=1S/C18H21N3O3S/c1-4-24-15-6-5-12(7-16(15)23-3)13-8-17(22)21-10-20(2)11-25-18(21)14(13)9-19/h5-7,13H,4,8,10-11H2,1-3H3/t13-/m1/s1. The molecule has 0 aromatic heterocycles. The van der Waals surface area contributed by atoms with E-state index in [-0.39, 0.29) is 18.2 Å². The zero-order valence-corrected chi connectivity index (χ0v) is 15.4. The van der Waals surface area contributed by atoms with Crippen LogP contribution in [-0.2, 0) is 4.79 Å². The van der Waals surface area contributed by atoms with Gasteiger partial charge in [0.1, 0.15) is 0 Å². The number of nitrogens with zero attached hydrogens (tertiary/aromatic N) is 3. The monoisotopic (exact) mass is 359 g/mol. The van der Waals surface area contributed by atoms with Gasteiger partial charge in [0.15, 0.2) is 11.5 Å². The molecule has 6 nitrogen and oxygen atoms in total. The minimum absolute atomic E-state index is 0.0471. The van der Waals surface area contributed by atoms with E-state index < -0.39 is 0 Å². The minimum atomic E-state index is -0.246. The second-order valence-electron chi connectivity index (χ2n) is 6.02. The normalized spacial score (nSPS) is 21.0. The molecule has 1 fully saturated rings. The van der Waals surface area contributed by atoms with Crippen LogP contribution in [0.1, 0.15) is 24.8 Å². The first-order chi connectivity index (χ1) is 12.1. The molecule has 2 aliphatic rings. The molecule has 0 aliphatic carbocycles. The van der Waals surface area contributed by atoms with E-state index in [4.69, 9.17) is 9.47 Å². The number of methoxy groups -OCH3 is 1. The van der Waals surface area contributed by atoms with Crippen LogP contribution in [0.3, 0.4) is 0 Å². The van der Waals surface area contributed by atoms with Gasteiger partial charge in [-0.25, -0.2) is 0 Å². The van der Waals surface area contributed by atoms with E-state index in [9.17, 15) is 10.1 Å². The van der Waals surface area contributed by atoms with Crippen molar-refractivity contribution in [2.45, 2.75) is 19.3 Å². The van der Waals surface area contributed by atoms with Gasteiger partial charge in [-0.2, -0.15) is 5.26 Å². The van der Waals surface area contributed by atoms with Gasteiger partial charge in [-0.05, 0) is 31.7 Å². The second kappa shape index (κ2) is 7.38. The summed E-state index contributed by atoms with van der Waals surface area (Å²) in [5.74, 6) is 1.85. The van der Waals surface area contributed by atoms with E-state index in [1.807, 2.05) is 32.2 Å². The van der Waals surface area contributed by atoms with Crippen molar-refractivity contribution in [3.63, 3.8) is 0 Å². The lowest BCUT2D eigenvalue weighted by molar-refractivity contribution is -0.131. The van der Waals surface area contributed by atoms with Crippen molar-refractivity contribution >= 4 is 17.7 Å². The lowest BCUT2D eigenvalue weighted by Gasteiger charge is -2.40. The van der Waals surface area contributed by atoms with E-state index in [1.54, 1.807) is 23.8 Å². The van der Waals surface area contributed by atoms with Gasteiger partial charge in [-0.1, -0.05) is 17.8 Å². The van der Waals surface area contributed by atoms with Crippen LogP contribution in [0.4, 0.5) is 0 Å². The molecule has 0 spiro atoms. The highest BCUT2D eigenvalue weighted by Gasteiger charge is 2.37. The molecule has 2 aliphatic heterocycles. The average Bonchev–Trinajstić information content (AvgIpc) is 2.62. The molecule has 0 N–H and O–H groups in total. The number of carbonyl (C=O) groups is 1. The van der Waals surface area contributed by atoms with Gasteiger partial charge in [0.05, 0.1) is 42.9 Å².